The highest BCUT2D eigenvalue weighted by atomic mass is 16.7. The van der Waals surface area contributed by atoms with Gasteiger partial charge in [0.1, 0.15) is 12.0 Å². The van der Waals surface area contributed by atoms with E-state index in [-0.39, 0.29) is 69.5 Å². The van der Waals surface area contributed by atoms with Gasteiger partial charge >= 0.3 is 5.97 Å². The number of hydrogen-bond donors (Lipinski definition) is 0. The normalized spacial score (nSPS) is 33.6. The van der Waals surface area contributed by atoms with Gasteiger partial charge in [-0.25, -0.2) is 0 Å². The van der Waals surface area contributed by atoms with Crippen molar-refractivity contribution in [1.29, 1.82) is 0 Å². The van der Waals surface area contributed by atoms with E-state index in [0.717, 1.165) is 0 Å². The first-order valence-corrected chi connectivity index (χ1v) is 10.4. The van der Waals surface area contributed by atoms with Crippen LogP contribution in [0.1, 0.15) is 27.2 Å². The van der Waals surface area contributed by atoms with E-state index in [0.29, 0.717) is 6.42 Å². The fourth-order valence-corrected chi connectivity index (χ4v) is 4.31. The van der Waals surface area contributed by atoms with Gasteiger partial charge in [-0.15, -0.1) is 0 Å². The molecule has 2 unspecified atom stereocenters. The molecule has 4 rings (SSSR count). The van der Waals surface area contributed by atoms with Crippen molar-refractivity contribution in [2.24, 2.45) is 17.3 Å². The molecule has 2 bridgehead atoms. The van der Waals surface area contributed by atoms with Gasteiger partial charge in [0, 0.05) is 0 Å². The van der Waals surface area contributed by atoms with Crippen LogP contribution in [0.25, 0.3) is 0 Å². The molecule has 0 saturated carbocycles. The monoisotopic (exact) mass is 423 g/mol. The molecule has 4 heterocycles. The Morgan fingerprint density at radius 2 is 1.80 bits per heavy atom. The Labute approximate surface area is 175 Å². The van der Waals surface area contributed by atoms with E-state index in [4.69, 9.17) is 23.7 Å². The van der Waals surface area contributed by atoms with E-state index in [9.17, 15) is 14.4 Å². The van der Waals surface area contributed by atoms with E-state index in [1.54, 1.807) is 20.8 Å². The number of fused-ring (bicyclic) bond motifs is 5. The Morgan fingerprint density at radius 1 is 1.10 bits per heavy atom. The maximum Gasteiger partial charge on any atom is 0.316 e. The molecule has 0 N–H and O–H groups in total. The summed E-state index contributed by atoms with van der Waals surface area (Å²) in [6, 6.07) is 0. The molecule has 0 radical (unpaired) electrons. The van der Waals surface area contributed by atoms with Crippen molar-refractivity contribution in [3.8, 4) is 0 Å². The highest BCUT2D eigenvalue weighted by Crippen LogP contribution is 2.44. The number of amides is 2. The van der Waals surface area contributed by atoms with E-state index in [2.05, 4.69) is 0 Å². The topological polar surface area (TPSA) is 101 Å². The number of esters is 1. The van der Waals surface area contributed by atoms with Crippen molar-refractivity contribution < 1.29 is 38.1 Å². The Bertz CT molecular complexity index is 737. The molecule has 30 heavy (non-hydrogen) atoms. The van der Waals surface area contributed by atoms with E-state index >= 15 is 0 Å². The Balaban J connectivity index is 1.16. The SMILES string of the molecule is CC1(C)OCC(C)(C(=O)OCCOCCN2C(=O)[C@@H]3C4C=CCC(O4)[C@@H]3C2=O)CO1. The number of likely N-dealkylation sites (tertiary alicyclic amines) is 1. The van der Waals surface area contributed by atoms with Crippen LogP contribution in [0, 0.1) is 17.3 Å². The van der Waals surface area contributed by atoms with Crippen LogP contribution in [0.5, 0.6) is 0 Å². The standard InChI is InChI=1S/C21H29NO8/c1-20(2)28-11-21(3,12-29-20)19(25)27-10-9-26-8-7-22-17(23)15-13-5-4-6-14(30-13)16(15)18(22)24/h4-5,13-16H,6-12H2,1-3H3/t13?,14?,15-,16+/m1/s1. The first-order chi connectivity index (χ1) is 14.2. The van der Waals surface area contributed by atoms with Crippen LogP contribution in [-0.4, -0.2) is 80.3 Å². The lowest BCUT2D eigenvalue weighted by Crippen LogP contribution is -2.49. The van der Waals surface area contributed by atoms with Crippen molar-refractivity contribution in [3.05, 3.63) is 12.2 Å². The third-order valence-electron chi connectivity index (χ3n) is 6.16. The Hall–Kier alpha value is -1.81. The summed E-state index contributed by atoms with van der Waals surface area (Å²) in [4.78, 5) is 38.9. The highest BCUT2D eigenvalue weighted by Gasteiger charge is 2.59. The van der Waals surface area contributed by atoms with Crippen LogP contribution in [0.3, 0.4) is 0 Å². The maximum atomic E-state index is 12.7. The number of carbonyl (C=O) groups is 3. The molecule has 4 atom stereocenters. The van der Waals surface area contributed by atoms with Crippen molar-refractivity contribution in [1.82, 2.24) is 4.90 Å². The Kier molecular flexibility index (Phi) is 5.73. The molecule has 0 aromatic carbocycles. The highest BCUT2D eigenvalue weighted by molar-refractivity contribution is 6.06. The molecule has 0 aliphatic carbocycles. The fraction of sp³-hybridized carbons (Fsp3) is 0.762. The quantitative estimate of drug-likeness (QED) is 0.255. The fourth-order valence-electron chi connectivity index (χ4n) is 4.31. The van der Waals surface area contributed by atoms with Crippen LogP contribution in [0.2, 0.25) is 0 Å². The summed E-state index contributed by atoms with van der Waals surface area (Å²) in [5.41, 5.74) is -0.851. The van der Waals surface area contributed by atoms with Gasteiger partial charge in [0.05, 0.1) is 57.0 Å². The molecule has 3 saturated heterocycles. The molecule has 166 valence electrons. The van der Waals surface area contributed by atoms with Crippen molar-refractivity contribution in [2.75, 3.05) is 39.6 Å². The molecular formula is C21H29NO8. The summed E-state index contributed by atoms with van der Waals surface area (Å²) in [5, 5.41) is 0. The number of imide groups is 1. The molecule has 4 aliphatic rings. The van der Waals surface area contributed by atoms with E-state index in [1.165, 1.54) is 4.90 Å². The number of carbonyl (C=O) groups excluding carboxylic acids is 3. The van der Waals surface area contributed by atoms with Crippen LogP contribution in [0.4, 0.5) is 0 Å². The average molecular weight is 423 g/mol. The van der Waals surface area contributed by atoms with Gasteiger partial charge in [-0.2, -0.15) is 0 Å². The number of ether oxygens (including phenoxy) is 5. The zero-order chi connectivity index (χ0) is 21.5. The Morgan fingerprint density at radius 3 is 2.53 bits per heavy atom. The predicted octanol–water partition coefficient (Wildman–Crippen LogP) is 0.664. The molecule has 3 fully saturated rings. The van der Waals surface area contributed by atoms with Crippen LogP contribution in [-0.2, 0) is 38.1 Å². The van der Waals surface area contributed by atoms with Crippen molar-refractivity contribution in [2.45, 2.75) is 45.2 Å². The maximum absolute atomic E-state index is 12.7. The smallest absolute Gasteiger partial charge is 0.316 e. The molecular weight excluding hydrogens is 394 g/mol. The second kappa shape index (κ2) is 8.03. The first-order valence-electron chi connectivity index (χ1n) is 10.4. The lowest BCUT2D eigenvalue weighted by Gasteiger charge is -2.39. The van der Waals surface area contributed by atoms with Crippen LogP contribution < -0.4 is 0 Å². The molecule has 2 amide bonds. The minimum atomic E-state index is -0.851. The predicted molar refractivity (Wildman–Crippen MR) is 102 cm³/mol. The van der Waals surface area contributed by atoms with Crippen molar-refractivity contribution >= 4 is 17.8 Å². The summed E-state index contributed by atoms with van der Waals surface area (Å²) in [5.74, 6) is -2.26. The van der Waals surface area contributed by atoms with Gasteiger partial charge in [0.2, 0.25) is 11.8 Å². The van der Waals surface area contributed by atoms with E-state index < -0.39 is 23.1 Å². The minimum Gasteiger partial charge on any atom is -0.463 e. The summed E-state index contributed by atoms with van der Waals surface area (Å²) in [6.07, 6.45) is 4.03. The van der Waals surface area contributed by atoms with Gasteiger partial charge in [-0.3, -0.25) is 19.3 Å². The molecule has 0 spiro atoms. The molecule has 9 heteroatoms. The molecule has 9 nitrogen and oxygen atoms in total. The first kappa shape index (κ1) is 21.4. The number of rotatable bonds is 7. The van der Waals surface area contributed by atoms with Gasteiger partial charge < -0.3 is 23.7 Å². The summed E-state index contributed by atoms with van der Waals surface area (Å²) in [7, 11) is 0. The third-order valence-corrected chi connectivity index (χ3v) is 6.16. The second-order valence-corrected chi connectivity index (χ2v) is 8.97. The average Bonchev–Trinajstić information content (AvgIpc) is 3.12. The number of nitrogens with zero attached hydrogens (tertiary/aromatic N) is 1. The van der Waals surface area contributed by atoms with Gasteiger partial charge in [-0.1, -0.05) is 12.2 Å². The molecule has 4 aliphatic heterocycles. The van der Waals surface area contributed by atoms with Crippen molar-refractivity contribution in [3.63, 3.8) is 0 Å². The molecule has 0 aromatic heterocycles. The lowest BCUT2D eigenvalue weighted by molar-refractivity contribution is -0.281. The van der Waals surface area contributed by atoms with Crippen LogP contribution >= 0.6 is 0 Å². The van der Waals surface area contributed by atoms with Gasteiger partial charge in [-0.05, 0) is 27.2 Å². The van der Waals surface area contributed by atoms with Gasteiger partial charge in [0.15, 0.2) is 5.79 Å². The number of hydrogen-bond acceptors (Lipinski definition) is 8. The summed E-state index contributed by atoms with van der Waals surface area (Å²) < 4.78 is 27.6. The zero-order valence-corrected chi connectivity index (χ0v) is 17.6. The van der Waals surface area contributed by atoms with Gasteiger partial charge in [0.25, 0.3) is 0 Å². The minimum absolute atomic E-state index is 0.0771. The zero-order valence-electron chi connectivity index (χ0n) is 17.6. The largest absolute Gasteiger partial charge is 0.463 e. The lowest BCUT2D eigenvalue weighted by atomic mass is 9.90. The van der Waals surface area contributed by atoms with Crippen LogP contribution in [0.15, 0.2) is 12.2 Å². The third kappa shape index (κ3) is 3.91. The molecule has 0 aromatic rings. The summed E-state index contributed by atoms with van der Waals surface area (Å²) in [6.45, 7) is 6.42. The second-order valence-electron chi connectivity index (χ2n) is 8.97. The van der Waals surface area contributed by atoms with E-state index in [1.807, 2.05) is 12.2 Å². The summed E-state index contributed by atoms with van der Waals surface area (Å²) >= 11 is 0.